The number of urea groups is 1. The van der Waals surface area contributed by atoms with Crippen LogP contribution in [0.4, 0.5) is 4.79 Å². The maximum Gasteiger partial charge on any atom is 0.330 e. The number of hydrogen-bond donors (Lipinski definition) is 2. The molecular formula is C18H21N3O6. The molecule has 0 aliphatic carbocycles. The molecular weight excluding hydrogens is 354 g/mol. The van der Waals surface area contributed by atoms with E-state index in [1.165, 1.54) is 19.1 Å². The Hall–Kier alpha value is -3.23. The number of esters is 1. The molecule has 0 bridgehead atoms. The summed E-state index contributed by atoms with van der Waals surface area (Å²) in [5.41, 5.74) is 5.29. The summed E-state index contributed by atoms with van der Waals surface area (Å²) < 4.78 is 5.08. The third kappa shape index (κ3) is 4.30. The van der Waals surface area contributed by atoms with Gasteiger partial charge in [-0.1, -0.05) is 26.0 Å². The molecule has 0 fully saturated rings. The first-order valence-electron chi connectivity index (χ1n) is 8.41. The molecule has 144 valence electrons. The molecule has 5 amide bonds. The first-order valence-corrected chi connectivity index (χ1v) is 8.41. The molecule has 0 aromatic heterocycles. The molecule has 0 saturated heterocycles. The van der Waals surface area contributed by atoms with Crippen LogP contribution < -0.4 is 11.1 Å². The van der Waals surface area contributed by atoms with Gasteiger partial charge in [0.25, 0.3) is 17.7 Å². The summed E-state index contributed by atoms with van der Waals surface area (Å²) in [4.78, 5) is 61.3. The molecule has 0 radical (unpaired) electrons. The van der Waals surface area contributed by atoms with Gasteiger partial charge in [-0.15, -0.1) is 0 Å². The van der Waals surface area contributed by atoms with Gasteiger partial charge < -0.3 is 10.5 Å². The fourth-order valence-corrected chi connectivity index (χ4v) is 2.77. The van der Waals surface area contributed by atoms with Crippen LogP contribution in [0.25, 0.3) is 0 Å². The molecule has 1 aromatic carbocycles. The van der Waals surface area contributed by atoms with Crippen molar-refractivity contribution < 1.29 is 28.7 Å². The number of imide groups is 2. The third-order valence-electron chi connectivity index (χ3n) is 4.01. The lowest BCUT2D eigenvalue weighted by atomic mass is 10.0. The van der Waals surface area contributed by atoms with Crippen molar-refractivity contribution in [3.8, 4) is 0 Å². The minimum absolute atomic E-state index is 0.0402. The molecule has 0 unspecified atom stereocenters. The summed E-state index contributed by atoms with van der Waals surface area (Å²) in [5, 5.41) is 1.80. The zero-order chi connectivity index (χ0) is 20.3. The van der Waals surface area contributed by atoms with Gasteiger partial charge in [0.15, 0.2) is 6.10 Å². The molecule has 0 saturated carbocycles. The largest absolute Gasteiger partial charge is 0.451 e. The number of fused-ring (bicyclic) bond motifs is 1. The molecule has 1 aliphatic rings. The third-order valence-corrected chi connectivity index (χ3v) is 4.01. The Labute approximate surface area is 155 Å². The normalized spacial score (nSPS) is 15.3. The predicted molar refractivity (Wildman–Crippen MR) is 93.5 cm³/mol. The lowest BCUT2D eigenvalue weighted by molar-refractivity contribution is -0.158. The van der Waals surface area contributed by atoms with Crippen LogP contribution in [0.5, 0.6) is 0 Å². The van der Waals surface area contributed by atoms with E-state index in [9.17, 15) is 24.0 Å². The van der Waals surface area contributed by atoms with Crippen LogP contribution in [0, 0.1) is 5.92 Å². The average molecular weight is 375 g/mol. The number of primary amides is 1. The summed E-state index contributed by atoms with van der Waals surface area (Å²) in [6.07, 6.45) is -1.16. The van der Waals surface area contributed by atoms with E-state index < -0.39 is 41.9 Å². The Morgan fingerprint density at radius 1 is 1.07 bits per heavy atom. The van der Waals surface area contributed by atoms with Gasteiger partial charge in [-0.2, -0.15) is 0 Å². The van der Waals surface area contributed by atoms with Gasteiger partial charge in [0, 0.05) is 0 Å². The molecule has 27 heavy (non-hydrogen) atoms. The number of ether oxygens (including phenoxy) is 1. The number of benzene rings is 1. The van der Waals surface area contributed by atoms with E-state index in [1.807, 2.05) is 13.8 Å². The molecule has 2 atom stereocenters. The van der Waals surface area contributed by atoms with Crippen molar-refractivity contribution in [2.45, 2.75) is 39.3 Å². The highest BCUT2D eigenvalue weighted by Crippen LogP contribution is 2.27. The SMILES string of the molecule is CC(C)C[C@H](C(=O)O[C@H](C)C(=O)NC(N)=O)N1C(=O)c2ccccc2C1=O. The number of nitrogens with zero attached hydrogens (tertiary/aromatic N) is 1. The maximum atomic E-state index is 12.7. The standard InChI is InChI=1S/C18H21N3O6/c1-9(2)8-13(17(25)27-10(3)14(22)20-18(19)26)21-15(23)11-6-4-5-7-12(11)16(21)24/h4-7,9-10,13H,8H2,1-3H3,(H3,19,20,22,26)/t10-,13-/m1/s1. The van der Waals surface area contributed by atoms with Crippen molar-refractivity contribution in [1.29, 1.82) is 0 Å². The van der Waals surface area contributed by atoms with Crippen molar-refractivity contribution in [1.82, 2.24) is 10.2 Å². The van der Waals surface area contributed by atoms with Crippen LogP contribution in [0.15, 0.2) is 24.3 Å². The number of amides is 5. The first kappa shape index (κ1) is 20.1. The number of rotatable bonds is 6. The van der Waals surface area contributed by atoms with Crippen LogP contribution in [0.2, 0.25) is 0 Å². The van der Waals surface area contributed by atoms with E-state index in [-0.39, 0.29) is 23.5 Å². The highest BCUT2D eigenvalue weighted by molar-refractivity contribution is 6.22. The Morgan fingerprint density at radius 3 is 2.04 bits per heavy atom. The Balaban J connectivity index is 2.24. The van der Waals surface area contributed by atoms with Crippen molar-refractivity contribution >= 4 is 29.7 Å². The van der Waals surface area contributed by atoms with Gasteiger partial charge in [-0.05, 0) is 31.4 Å². The van der Waals surface area contributed by atoms with Gasteiger partial charge in [0.2, 0.25) is 0 Å². The van der Waals surface area contributed by atoms with Crippen LogP contribution in [-0.4, -0.2) is 46.8 Å². The van der Waals surface area contributed by atoms with Crippen LogP contribution in [0.3, 0.4) is 0 Å². The molecule has 1 aliphatic heterocycles. The number of carbonyl (C=O) groups is 5. The van der Waals surface area contributed by atoms with Gasteiger partial charge in [0.05, 0.1) is 11.1 Å². The average Bonchev–Trinajstić information content (AvgIpc) is 2.83. The molecule has 9 heteroatoms. The Morgan fingerprint density at radius 2 is 1.59 bits per heavy atom. The summed E-state index contributed by atoms with van der Waals surface area (Å²) in [6, 6.07) is 3.99. The van der Waals surface area contributed by atoms with E-state index in [0.717, 1.165) is 4.90 Å². The Bertz CT molecular complexity index is 769. The van der Waals surface area contributed by atoms with Gasteiger partial charge in [-0.25, -0.2) is 9.59 Å². The minimum Gasteiger partial charge on any atom is -0.451 e. The van der Waals surface area contributed by atoms with Crippen molar-refractivity contribution in [2.75, 3.05) is 0 Å². The zero-order valence-electron chi connectivity index (χ0n) is 15.2. The number of nitrogens with one attached hydrogen (secondary N) is 1. The highest BCUT2D eigenvalue weighted by Gasteiger charge is 2.44. The second-order valence-electron chi connectivity index (χ2n) is 6.60. The van der Waals surface area contributed by atoms with Gasteiger partial charge in [-0.3, -0.25) is 24.6 Å². The molecule has 3 N–H and O–H groups in total. The van der Waals surface area contributed by atoms with Crippen molar-refractivity contribution in [3.05, 3.63) is 35.4 Å². The van der Waals surface area contributed by atoms with E-state index in [2.05, 4.69) is 0 Å². The fourth-order valence-electron chi connectivity index (χ4n) is 2.77. The van der Waals surface area contributed by atoms with E-state index in [4.69, 9.17) is 10.5 Å². The number of carbonyl (C=O) groups excluding carboxylic acids is 5. The van der Waals surface area contributed by atoms with E-state index in [1.54, 1.807) is 17.4 Å². The lowest BCUT2D eigenvalue weighted by Gasteiger charge is -2.27. The second-order valence-corrected chi connectivity index (χ2v) is 6.60. The van der Waals surface area contributed by atoms with Gasteiger partial charge in [0.1, 0.15) is 6.04 Å². The number of hydrogen-bond acceptors (Lipinski definition) is 6. The molecule has 9 nitrogen and oxygen atoms in total. The Kier molecular flexibility index (Phi) is 5.94. The minimum atomic E-state index is -1.32. The maximum absolute atomic E-state index is 12.7. The van der Waals surface area contributed by atoms with E-state index >= 15 is 0 Å². The van der Waals surface area contributed by atoms with Crippen LogP contribution >= 0.6 is 0 Å². The quantitative estimate of drug-likeness (QED) is 0.558. The van der Waals surface area contributed by atoms with Gasteiger partial charge >= 0.3 is 12.0 Å². The first-order chi connectivity index (χ1) is 12.6. The second kappa shape index (κ2) is 7.98. The topological polar surface area (TPSA) is 136 Å². The fraction of sp³-hybridized carbons (Fsp3) is 0.389. The van der Waals surface area contributed by atoms with E-state index in [0.29, 0.717) is 0 Å². The summed E-state index contributed by atoms with van der Waals surface area (Å²) in [7, 11) is 0. The summed E-state index contributed by atoms with van der Waals surface area (Å²) in [6.45, 7) is 4.90. The van der Waals surface area contributed by atoms with Crippen molar-refractivity contribution in [3.63, 3.8) is 0 Å². The van der Waals surface area contributed by atoms with Crippen molar-refractivity contribution in [2.24, 2.45) is 11.7 Å². The monoisotopic (exact) mass is 375 g/mol. The smallest absolute Gasteiger partial charge is 0.330 e. The van der Waals surface area contributed by atoms with Crippen LogP contribution in [0.1, 0.15) is 47.9 Å². The summed E-state index contributed by atoms with van der Waals surface area (Å²) >= 11 is 0. The molecule has 2 rings (SSSR count). The summed E-state index contributed by atoms with van der Waals surface area (Å²) in [5.74, 6) is -3.03. The molecule has 1 aromatic rings. The number of nitrogens with two attached hydrogens (primary N) is 1. The highest BCUT2D eigenvalue weighted by atomic mass is 16.5. The van der Waals surface area contributed by atoms with Crippen LogP contribution in [-0.2, 0) is 14.3 Å². The molecule has 1 heterocycles. The molecule has 0 spiro atoms. The predicted octanol–water partition coefficient (Wildman–Crippen LogP) is 0.824. The lowest BCUT2D eigenvalue weighted by Crippen LogP contribution is -2.49. The zero-order valence-corrected chi connectivity index (χ0v) is 15.2.